The Kier molecular flexibility index (Phi) is 5.91. The minimum Gasteiger partial charge on any atom is -0.493 e. The van der Waals surface area contributed by atoms with Gasteiger partial charge in [0.1, 0.15) is 6.61 Å². The van der Waals surface area contributed by atoms with Crippen molar-refractivity contribution in [1.29, 1.82) is 0 Å². The maximum atomic E-state index is 11.9. The fourth-order valence-corrected chi connectivity index (χ4v) is 1.41. The van der Waals surface area contributed by atoms with Crippen molar-refractivity contribution in [3.8, 4) is 11.5 Å². The van der Waals surface area contributed by atoms with Gasteiger partial charge >= 0.3 is 6.18 Å². The first-order chi connectivity index (χ1) is 8.96. The lowest BCUT2D eigenvalue weighted by atomic mass is 10.2. The first-order valence-electron chi connectivity index (χ1n) is 5.55. The second-order valence-corrected chi connectivity index (χ2v) is 3.74. The van der Waals surface area contributed by atoms with Crippen LogP contribution in [-0.2, 0) is 11.3 Å². The Hall–Kier alpha value is -1.47. The molecular weight excluding hydrogens is 263 g/mol. The molecule has 1 aromatic carbocycles. The van der Waals surface area contributed by atoms with Crippen LogP contribution in [-0.4, -0.2) is 33.7 Å². The fraction of sp³-hybridized carbons (Fsp3) is 0.500. The minimum absolute atomic E-state index is 0.345. The van der Waals surface area contributed by atoms with E-state index in [0.717, 1.165) is 5.56 Å². The molecular formula is C12H16F3NO3. The number of benzene rings is 1. The molecule has 0 heterocycles. The number of rotatable bonds is 7. The van der Waals surface area contributed by atoms with Gasteiger partial charge in [-0.1, -0.05) is 6.07 Å². The summed E-state index contributed by atoms with van der Waals surface area (Å²) < 4.78 is 50.2. The number of hydrogen-bond donors (Lipinski definition) is 1. The molecule has 0 saturated carbocycles. The van der Waals surface area contributed by atoms with Crippen molar-refractivity contribution in [3.63, 3.8) is 0 Å². The van der Waals surface area contributed by atoms with E-state index in [1.807, 2.05) is 6.07 Å². The van der Waals surface area contributed by atoms with E-state index in [1.165, 1.54) is 7.11 Å². The van der Waals surface area contributed by atoms with Gasteiger partial charge in [-0.05, 0) is 24.7 Å². The number of halogens is 3. The molecule has 0 aromatic heterocycles. The molecule has 0 aliphatic carbocycles. The van der Waals surface area contributed by atoms with Crippen molar-refractivity contribution in [2.75, 3.05) is 27.6 Å². The monoisotopic (exact) mass is 279 g/mol. The van der Waals surface area contributed by atoms with E-state index in [4.69, 9.17) is 9.47 Å². The molecule has 7 heteroatoms. The summed E-state index contributed by atoms with van der Waals surface area (Å²) >= 11 is 0. The highest BCUT2D eigenvalue weighted by Crippen LogP contribution is 2.28. The van der Waals surface area contributed by atoms with Crippen LogP contribution in [0.5, 0.6) is 11.5 Å². The SMILES string of the molecule is CNCc1ccc(OC)c(OCOCC(F)(F)F)c1. The lowest BCUT2D eigenvalue weighted by Gasteiger charge is -2.13. The Morgan fingerprint density at radius 1 is 1.21 bits per heavy atom. The minimum atomic E-state index is -4.36. The molecule has 0 atom stereocenters. The van der Waals surface area contributed by atoms with Crippen LogP contribution in [0.3, 0.4) is 0 Å². The second kappa shape index (κ2) is 7.20. The third-order valence-electron chi connectivity index (χ3n) is 2.17. The predicted octanol–water partition coefficient (Wildman–Crippen LogP) is 2.33. The van der Waals surface area contributed by atoms with Gasteiger partial charge in [0.25, 0.3) is 0 Å². The fourth-order valence-electron chi connectivity index (χ4n) is 1.41. The Bertz CT molecular complexity index is 396. The van der Waals surface area contributed by atoms with Crippen molar-refractivity contribution in [1.82, 2.24) is 5.32 Å². The third kappa shape index (κ3) is 5.80. The van der Waals surface area contributed by atoms with Crippen molar-refractivity contribution in [2.45, 2.75) is 12.7 Å². The van der Waals surface area contributed by atoms with Crippen LogP contribution < -0.4 is 14.8 Å². The molecule has 0 fully saturated rings. The molecule has 1 N–H and O–H groups in total. The molecule has 1 rings (SSSR count). The number of methoxy groups -OCH3 is 1. The van der Waals surface area contributed by atoms with Gasteiger partial charge in [-0.3, -0.25) is 0 Å². The van der Waals surface area contributed by atoms with E-state index in [0.29, 0.717) is 18.0 Å². The number of nitrogens with one attached hydrogen (secondary N) is 1. The van der Waals surface area contributed by atoms with E-state index in [1.54, 1.807) is 19.2 Å². The summed E-state index contributed by atoms with van der Waals surface area (Å²) in [6.45, 7) is -1.21. The highest BCUT2D eigenvalue weighted by molar-refractivity contribution is 5.42. The average molecular weight is 279 g/mol. The lowest BCUT2D eigenvalue weighted by Crippen LogP contribution is -2.19. The molecule has 0 saturated heterocycles. The largest absolute Gasteiger partial charge is 0.493 e. The van der Waals surface area contributed by atoms with Gasteiger partial charge in [0.15, 0.2) is 18.3 Å². The van der Waals surface area contributed by atoms with Crippen LogP contribution in [0.25, 0.3) is 0 Å². The Morgan fingerprint density at radius 2 is 1.95 bits per heavy atom. The molecule has 0 bridgehead atoms. The summed E-state index contributed by atoms with van der Waals surface area (Å²) in [5, 5.41) is 2.96. The maximum absolute atomic E-state index is 11.9. The molecule has 0 aliphatic heterocycles. The second-order valence-electron chi connectivity index (χ2n) is 3.74. The summed E-state index contributed by atoms with van der Waals surface area (Å²) in [5.41, 5.74) is 0.925. The van der Waals surface area contributed by atoms with Gasteiger partial charge in [-0.25, -0.2) is 0 Å². The summed E-state index contributed by atoms with van der Waals surface area (Å²) in [7, 11) is 3.24. The van der Waals surface area contributed by atoms with Crippen molar-refractivity contribution in [2.24, 2.45) is 0 Å². The summed E-state index contributed by atoms with van der Waals surface area (Å²) in [4.78, 5) is 0. The van der Waals surface area contributed by atoms with E-state index < -0.39 is 19.6 Å². The smallest absolute Gasteiger partial charge is 0.411 e. The summed E-state index contributed by atoms with van der Waals surface area (Å²) in [6.07, 6.45) is -4.36. The van der Waals surface area contributed by atoms with Crippen molar-refractivity contribution >= 4 is 0 Å². The molecule has 0 unspecified atom stereocenters. The quantitative estimate of drug-likeness (QED) is 0.614. The Morgan fingerprint density at radius 3 is 2.53 bits per heavy atom. The van der Waals surface area contributed by atoms with Gasteiger partial charge in [-0.2, -0.15) is 13.2 Å². The number of alkyl halides is 3. The van der Waals surface area contributed by atoms with Crippen LogP contribution in [0.1, 0.15) is 5.56 Å². The van der Waals surface area contributed by atoms with Gasteiger partial charge in [0, 0.05) is 6.54 Å². The van der Waals surface area contributed by atoms with Gasteiger partial charge in [0.2, 0.25) is 0 Å². The summed E-state index contributed by atoms with van der Waals surface area (Å²) in [6, 6.07) is 5.21. The zero-order chi connectivity index (χ0) is 14.3. The molecule has 0 radical (unpaired) electrons. The Labute approximate surface area is 109 Å². The van der Waals surface area contributed by atoms with E-state index in [9.17, 15) is 13.2 Å². The standard InChI is InChI=1S/C12H16F3NO3/c1-16-6-9-3-4-10(17-2)11(5-9)19-8-18-7-12(13,14)15/h3-5,16H,6-8H2,1-2H3. The molecule has 4 nitrogen and oxygen atoms in total. The molecule has 108 valence electrons. The predicted molar refractivity (Wildman–Crippen MR) is 63.3 cm³/mol. The van der Waals surface area contributed by atoms with Gasteiger partial charge in [0.05, 0.1) is 7.11 Å². The van der Waals surface area contributed by atoms with Crippen molar-refractivity contribution < 1.29 is 27.4 Å². The molecule has 1 aromatic rings. The highest BCUT2D eigenvalue weighted by Gasteiger charge is 2.27. The van der Waals surface area contributed by atoms with Gasteiger partial charge < -0.3 is 19.5 Å². The van der Waals surface area contributed by atoms with Crippen LogP contribution in [0, 0.1) is 0 Å². The van der Waals surface area contributed by atoms with Crippen LogP contribution >= 0.6 is 0 Å². The number of hydrogen-bond acceptors (Lipinski definition) is 4. The van der Waals surface area contributed by atoms with Crippen LogP contribution in [0.2, 0.25) is 0 Å². The topological polar surface area (TPSA) is 39.7 Å². The molecule has 0 amide bonds. The summed E-state index contributed by atoms with van der Waals surface area (Å²) in [5.74, 6) is 0.785. The van der Waals surface area contributed by atoms with Gasteiger partial charge in [-0.15, -0.1) is 0 Å². The van der Waals surface area contributed by atoms with E-state index in [2.05, 4.69) is 10.1 Å². The first kappa shape index (κ1) is 15.6. The Balaban J connectivity index is 2.57. The zero-order valence-electron chi connectivity index (χ0n) is 10.7. The van der Waals surface area contributed by atoms with E-state index in [-0.39, 0.29) is 0 Å². The van der Waals surface area contributed by atoms with Crippen molar-refractivity contribution in [3.05, 3.63) is 23.8 Å². The van der Waals surface area contributed by atoms with Crippen LogP contribution in [0.4, 0.5) is 13.2 Å². The maximum Gasteiger partial charge on any atom is 0.411 e. The third-order valence-corrected chi connectivity index (χ3v) is 2.17. The normalized spacial score (nSPS) is 11.4. The number of ether oxygens (including phenoxy) is 3. The molecule has 0 aliphatic rings. The van der Waals surface area contributed by atoms with Crippen LogP contribution in [0.15, 0.2) is 18.2 Å². The first-order valence-corrected chi connectivity index (χ1v) is 5.55. The van der Waals surface area contributed by atoms with E-state index >= 15 is 0 Å². The average Bonchev–Trinajstić information content (AvgIpc) is 2.34. The molecule has 19 heavy (non-hydrogen) atoms. The highest BCUT2D eigenvalue weighted by atomic mass is 19.4. The molecule has 0 spiro atoms. The lowest BCUT2D eigenvalue weighted by molar-refractivity contribution is -0.186. The zero-order valence-corrected chi connectivity index (χ0v) is 10.7.